The number of aromatic nitrogens is 2. The zero-order valence-electron chi connectivity index (χ0n) is 11.6. The first-order chi connectivity index (χ1) is 9.29. The summed E-state index contributed by atoms with van der Waals surface area (Å²) in [4.78, 5) is 4.38. The van der Waals surface area contributed by atoms with Crippen molar-refractivity contribution in [3.05, 3.63) is 41.5 Å². The highest BCUT2D eigenvalue weighted by molar-refractivity contribution is 5.50. The highest BCUT2D eigenvalue weighted by Crippen LogP contribution is 2.13. The lowest BCUT2D eigenvalue weighted by Gasteiger charge is -2.07. The molecule has 1 aromatic heterocycles. The smallest absolute Gasteiger partial charge is 0.228 e. The Hall–Kier alpha value is -1.84. The number of hydrogen-bond donors (Lipinski definition) is 1. The van der Waals surface area contributed by atoms with Gasteiger partial charge in [-0.05, 0) is 25.0 Å². The molecule has 0 aliphatic heterocycles. The summed E-state index contributed by atoms with van der Waals surface area (Å²) in [6, 6.07) is 8.25. The Balaban J connectivity index is 1.79. The first-order valence-corrected chi connectivity index (χ1v) is 6.90. The molecule has 0 radical (unpaired) electrons. The Kier molecular flexibility index (Phi) is 4.95. The second-order valence-electron chi connectivity index (χ2n) is 4.70. The van der Waals surface area contributed by atoms with Crippen LogP contribution in [0.3, 0.4) is 0 Å². The molecule has 0 unspecified atom stereocenters. The molecule has 1 aromatic carbocycles. The predicted octanol–water partition coefficient (Wildman–Crippen LogP) is 3.38. The molecule has 0 saturated heterocycles. The number of nitrogens with zero attached hydrogens (tertiary/aromatic N) is 2. The number of para-hydroxylation sites is 1. The van der Waals surface area contributed by atoms with Crippen molar-refractivity contribution in [3.63, 3.8) is 0 Å². The molecule has 0 amide bonds. The second kappa shape index (κ2) is 6.92. The highest BCUT2D eigenvalue weighted by Gasteiger charge is 2.05. The highest BCUT2D eigenvalue weighted by atomic mass is 16.5. The van der Waals surface area contributed by atoms with Crippen molar-refractivity contribution >= 4 is 5.69 Å². The average Bonchev–Trinajstić information content (AvgIpc) is 2.86. The van der Waals surface area contributed by atoms with Gasteiger partial charge in [-0.1, -0.05) is 36.7 Å². The quantitative estimate of drug-likeness (QED) is 0.828. The zero-order valence-corrected chi connectivity index (χ0v) is 11.6. The molecule has 1 N–H and O–H groups in total. The maximum atomic E-state index is 5.23. The average molecular weight is 259 g/mol. The van der Waals surface area contributed by atoms with Crippen LogP contribution in [0.4, 0.5) is 5.69 Å². The van der Waals surface area contributed by atoms with E-state index in [9.17, 15) is 0 Å². The van der Waals surface area contributed by atoms with Gasteiger partial charge < -0.3 is 9.84 Å². The largest absolute Gasteiger partial charge is 0.384 e. The predicted molar refractivity (Wildman–Crippen MR) is 76.3 cm³/mol. The molecule has 0 saturated carbocycles. The Bertz CT molecular complexity index is 508. The van der Waals surface area contributed by atoms with Crippen LogP contribution in [-0.2, 0) is 12.8 Å². The fraction of sp³-hybridized carbons (Fsp3) is 0.467. The Morgan fingerprint density at radius 1 is 1.21 bits per heavy atom. The van der Waals surface area contributed by atoms with Crippen LogP contribution < -0.4 is 5.32 Å². The summed E-state index contributed by atoms with van der Waals surface area (Å²) in [5, 5.41) is 7.37. The van der Waals surface area contributed by atoms with Gasteiger partial charge in [0, 0.05) is 25.1 Å². The zero-order chi connectivity index (χ0) is 13.5. The number of hydrogen-bond acceptors (Lipinski definition) is 4. The van der Waals surface area contributed by atoms with E-state index in [1.54, 1.807) is 0 Å². The van der Waals surface area contributed by atoms with E-state index in [1.807, 2.05) is 12.1 Å². The number of aryl methyl sites for hydroxylation is 2. The standard InChI is InChI=1S/C15H21N3O/c1-3-4-9-14-17-15(19-18-14)10-11-16-13-8-6-5-7-12(13)2/h5-8,16H,3-4,9-11H2,1-2H3. The molecule has 2 aromatic rings. The molecule has 4 nitrogen and oxygen atoms in total. The van der Waals surface area contributed by atoms with E-state index in [4.69, 9.17) is 4.52 Å². The Morgan fingerprint density at radius 2 is 2.05 bits per heavy atom. The SMILES string of the molecule is CCCCc1noc(CCNc2ccccc2C)n1. The van der Waals surface area contributed by atoms with E-state index in [2.05, 4.69) is 41.4 Å². The summed E-state index contributed by atoms with van der Waals surface area (Å²) in [7, 11) is 0. The van der Waals surface area contributed by atoms with E-state index >= 15 is 0 Å². The second-order valence-corrected chi connectivity index (χ2v) is 4.70. The minimum atomic E-state index is 0.715. The van der Waals surface area contributed by atoms with E-state index in [0.717, 1.165) is 43.7 Å². The molecule has 1 heterocycles. The van der Waals surface area contributed by atoms with Gasteiger partial charge in [-0.3, -0.25) is 0 Å². The first kappa shape index (κ1) is 13.6. The topological polar surface area (TPSA) is 51.0 Å². The van der Waals surface area contributed by atoms with Crippen molar-refractivity contribution in [1.82, 2.24) is 10.1 Å². The summed E-state index contributed by atoms with van der Waals surface area (Å²) in [6.45, 7) is 5.06. The third-order valence-corrected chi connectivity index (χ3v) is 3.06. The van der Waals surface area contributed by atoms with Gasteiger partial charge in [-0.25, -0.2) is 0 Å². The maximum absolute atomic E-state index is 5.23. The fourth-order valence-electron chi connectivity index (χ4n) is 1.90. The molecule has 102 valence electrons. The monoisotopic (exact) mass is 259 g/mol. The lowest BCUT2D eigenvalue weighted by Crippen LogP contribution is -2.06. The van der Waals surface area contributed by atoms with Crippen LogP contribution in [0.2, 0.25) is 0 Å². The van der Waals surface area contributed by atoms with Crippen molar-refractivity contribution in [2.24, 2.45) is 0 Å². The van der Waals surface area contributed by atoms with Gasteiger partial charge in [0.05, 0.1) is 0 Å². The molecule has 0 aliphatic carbocycles. The van der Waals surface area contributed by atoms with Crippen LogP contribution >= 0.6 is 0 Å². The van der Waals surface area contributed by atoms with Crippen molar-refractivity contribution in [2.75, 3.05) is 11.9 Å². The first-order valence-electron chi connectivity index (χ1n) is 6.90. The van der Waals surface area contributed by atoms with Crippen molar-refractivity contribution < 1.29 is 4.52 Å². The van der Waals surface area contributed by atoms with E-state index < -0.39 is 0 Å². The maximum Gasteiger partial charge on any atom is 0.228 e. The summed E-state index contributed by atoms with van der Waals surface area (Å²) in [5.41, 5.74) is 2.41. The van der Waals surface area contributed by atoms with Crippen LogP contribution in [0.1, 0.15) is 37.0 Å². The fourth-order valence-corrected chi connectivity index (χ4v) is 1.90. The summed E-state index contributed by atoms with van der Waals surface area (Å²) >= 11 is 0. The minimum Gasteiger partial charge on any atom is -0.384 e. The normalized spacial score (nSPS) is 10.6. The van der Waals surface area contributed by atoms with E-state index in [-0.39, 0.29) is 0 Å². The van der Waals surface area contributed by atoms with Crippen LogP contribution in [0, 0.1) is 6.92 Å². The lowest BCUT2D eigenvalue weighted by molar-refractivity contribution is 0.374. The molecule has 0 bridgehead atoms. The Morgan fingerprint density at radius 3 is 2.84 bits per heavy atom. The van der Waals surface area contributed by atoms with Crippen LogP contribution in [0.15, 0.2) is 28.8 Å². The van der Waals surface area contributed by atoms with Crippen molar-refractivity contribution in [2.45, 2.75) is 39.5 Å². The van der Waals surface area contributed by atoms with Gasteiger partial charge in [-0.15, -0.1) is 0 Å². The van der Waals surface area contributed by atoms with E-state index in [1.165, 1.54) is 5.56 Å². The third-order valence-electron chi connectivity index (χ3n) is 3.06. The molecule has 19 heavy (non-hydrogen) atoms. The molecule has 4 heteroatoms. The summed E-state index contributed by atoms with van der Waals surface area (Å²) < 4.78 is 5.23. The van der Waals surface area contributed by atoms with Gasteiger partial charge in [-0.2, -0.15) is 4.98 Å². The summed E-state index contributed by atoms with van der Waals surface area (Å²) in [5.74, 6) is 1.54. The molecule has 2 rings (SSSR count). The number of rotatable bonds is 7. The number of benzene rings is 1. The Labute approximate surface area is 114 Å². The van der Waals surface area contributed by atoms with E-state index in [0.29, 0.717) is 5.89 Å². The molecular weight excluding hydrogens is 238 g/mol. The number of unbranched alkanes of at least 4 members (excludes halogenated alkanes) is 1. The van der Waals surface area contributed by atoms with Crippen LogP contribution in [0.25, 0.3) is 0 Å². The van der Waals surface area contributed by atoms with Gasteiger partial charge >= 0.3 is 0 Å². The molecule has 0 spiro atoms. The molecule has 0 aliphatic rings. The molecule has 0 fully saturated rings. The van der Waals surface area contributed by atoms with Crippen LogP contribution in [-0.4, -0.2) is 16.7 Å². The van der Waals surface area contributed by atoms with Gasteiger partial charge in [0.1, 0.15) is 0 Å². The summed E-state index contributed by atoms with van der Waals surface area (Å²) in [6.07, 6.45) is 3.93. The van der Waals surface area contributed by atoms with Gasteiger partial charge in [0.15, 0.2) is 5.82 Å². The number of nitrogens with one attached hydrogen (secondary N) is 1. The lowest BCUT2D eigenvalue weighted by atomic mass is 10.2. The van der Waals surface area contributed by atoms with Gasteiger partial charge in [0.2, 0.25) is 5.89 Å². The minimum absolute atomic E-state index is 0.715. The molecule has 0 atom stereocenters. The van der Waals surface area contributed by atoms with Crippen molar-refractivity contribution in [1.29, 1.82) is 0 Å². The third kappa shape index (κ3) is 4.09. The van der Waals surface area contributed by atoms with Crippen molar-refractivity contribution in [3.8, 4) is 0 Å². The number of anilines is 1. The van der Waals surface area contributed by atoms with Crippen LogP contribution in [0.5, 0.6) is 0 Å². The molecular formula is C15H21N3O. The van der Waals surface area contributed by atoms with Gasteiger partial charge in [0.25, 0.3) is 0 Å².